The van der Waals surface area contributed by atoms with E-state index < -0.39 is 6.43 Å². The van der Waals surface area contributed by atoms with Crippen LogP contribution in [0, 0.1) is 6.92 Å². The first kappa shape index (κ1) is 10.2. The Balaban J connectivity index is 3.28. The molecule has 0 unspecified atom stereocenters. The first-order valence-corrected chi connectivity index (χ1v) is 4.26. The number of nitrogens with zero attached hydrogens (tertiary/aromatic N) is 1. The molecule has 1 rings (SSSR count). The number of halogens is 3. The lowest BCUT2D eigenvalue weighted by Crippen LogP contribution is -1.97. The number of carbonyl (C=O) groups is 1. The summed E-state index contributed by atoms with van der Waals surface area (Å²) in [5.74, 6) is 0. The Morgan fingerprint density at radius 2 is 2.23 bits per heavy atom. The lowest BCUT2D eigenvalue weighted by Gasteiger charge is -2.04. The van der Waals surface area contributed by atoms with Crippen molar-refractivity contribution in [1.29, 1.82) is 0 Å². The van der Waals surface area contributed by atoms with E-state index in [1.807, 2.05) is 0 Å². The predicted octanol–water partition coefficient (Wildman–Crippen LogP) is 2.90. The maximum absolute atomic E-state index is 12.2. The smallest absolute Gasteiger partial charge is 0.280 e. The fraction of sp³-hybridized carbons (Fsp3) is 0.250. The van der Waals surface area contributed by atoms with Gasteiger partial charge >= 0.3 is 0 Å². The van der Waals surface area contributed by atoms with Crippen molar-refractivity contribution < 1.29 is 13.6 Å². The quantitative estimate of drug-likeness (QED) is 0.596. The molecule has 1 aromatic heterocycles. The van der Waals surface area contributed by atoms with Gasteiger partial charge in [-0.25, -0.2) is 13.8 Å². The lowest BCUT2D eigenvalue weighted by atomic mass is 10.1. The summed E-state index contributed by atoms with van der Waals surface area (Å²) in [5.41, 5.74) is 0.478. The summed E-state index contributed by atoms with van der Waals surface area (Å²) in [7, 11) is 0. The second-order valence-corrected chi connectivity index (χ2v) is 3.24. The molecule has 0 saturated carbocycles. The highest BCUT2D eigenvalue weighted by atomic mass is 79.9. The molecular formula is C8H6BrF2NO. The largest absolute Gasteiger partial charge is 0.298 e. The van der Waals surface area contributed by atoms with Crippen molar-refractivity contribution in [1.82, 2.24) is 4.98 Å². The molecule has 0 atom stereocenters. The molecular weight excluding hydrogens is 244 g/mol. The maximum atomic E-state index is 12.2. The van der Waals surface area contributed by atoms with Crippen molar-refractivity contribution in [3.8, 4) is 0 Å². The summed E-state index contributed by atoms with van der Waals surface area (Å²) in [4.78, 5) is 14.0. The molecule has 0 radical (unpaired) electrons. The fourth-order valence-electron chi connectivity index (χ4n) is 0.921. The van der Waals surface area contributed by atoms with E-state index in [0.29, 0.717) is 17.4 Å². The van der Waals surface area contributed by atoms with Gasteiger partial charge in [0.25, 0.3) is 6.43 Å². The number of rotatable bonds is 2. The molecule has 0 N–H and O–H groups in total. The molecule has 0 aliphatic rings. The molecule has 5 heteroatoms. The van der Waals surface area contributed by atoms with Gasteiger partial charge in [-0.3, -0.25) is 4.79 Å². The molecule has 0 amide bonds. The van der Waals surface area contributed by atoms with Gasteiger partial charge < -0.3 is 0 Å². The molecule has 0 saturated heterocycles. The van der Waals surface area contributed by atoms with Crippen molar-refractivity contribution >= 4 is 22.2 Å². The van der Waals surface area contributed by atoms with E-state index in [4.69, 9.17) is 0 Å². The Kier molecular flexibility index (Phi) is 3.08. The van der Waals surface area contributed by atoms with Crippen molar-refractivity contribution in [3.05, 3.63) is 27.5 Å². The average Bonchev–Trinajstić information content (AvgIpc) is 2.03. The molecule has 70 valence electrons. The van der Waals surface area contributed by atoms with Gasteiger partial charge in [-0.2, -0.15) is 0 Å². The van der Waals surface area contributed by atoms with E-state index in [2.05, 4.69) is 20.9 Å². The third kappa shape index (κ3) is 2.09. The maximum Gasteiger partial charge on any atom is 0.280 e. The number of alkyl halides is 2. The third-order valence-electron chi connectivity index (χ3n) is 1.58. The topological polar surface area (TPSA) is 30.0 Å². The van der Waals surface area contributed by atoms with Crippen LogP contribution in [0.15, 0.2) is 10.7 Å². The average molecular weight is 250 g/mol. The highest BCUT2D eigenvalue weighted by Crippen LogP contribution is 2.23. The zero-order valence-corrected chi connectivity index (χ0v) is 8.31. The van der Waals surface area contributed by atoms with Crippen LogP contribution in [0.3, 0.4) is 0 Å². The predicted molar refractivity (Wildman–Crippen MR) is 47.0 cm³/mol. The van der Waals surface area contributed by atoms with Gasteiger partial charge in [-0.15, -0.1) is 0 Å². The number of aromatic nitrogens is 1. The van der Waals surface area contributed by atoms with Gasteiger partial charge in [0.05, 0.1) is 5.56 Å². The molecule has 0 fully saturated rings. The fourth-order valence-corrected chi connectivity index (χ4v) is 1.53. The molecule has 2 nitrogen and oxygen atoms in total. The Morgan fingerprint density at radius 1 is 1.62 bits per heavy atom. The first-order valence-electron chi connectivity index (χ1n) is 3.46. The summed E-state index contributed by atoms with van der Waals surface area (Å²) >= 11 is 2.95. The van der Waals surface area contributed by atoms with Crippen LogP contribution >= 0.6 is 15.9 Å². The molecule has 1 heterocycles. The summed E-state index contributed by atoms with van der Waals surface area (Å²) in [5, 5.41) is 0. The minimum absolute atomic E-state index is 0.165. The monoisotopic (exact) mass is 249 g/mol. The van der Waals surface area contributed by atoms with E-state index in [1.165, 1.54) is 6.07 Å². The zero-order chi connectivity index (χ0) is 10.0. The van der Waals surface area contributed by atoms with Crippen LogP contribution in [-0.4, -0.2) is 11.3 Å². The SMILES string of the molecule is Cc1cc(C(F)F)nc(Br)c1C=O. The summed E-state index contributed by atoms with van der Waals surface area (Å²) in [6.45, 7) is 1.59. The minimum Gasteiger partial charge on any atom is -0.298 e. The van der Waals surface area contributed by atoms with Crippen molar-refractivity contribution in [2.24, 2.45) is 0 Å². The van der Waals surface area contributed by atoms with Crippen molar-refractivity contribution in [2.75, 3.05) is 0 Å². The van der Waals surface area contributed by atoms with Crippen molar-refractivity contribution in [3.63, 3.8) is 0 Å². The summed E-state index contributed by atoms with van der Waals surface area (Å²) in [6, 6.07) is 1.21. The summed E-state index contributed by atoms with van der Waals surface area (Å²) < 4.78 is 24.5. The Bertz CT molecular complexity index is 318. The number of hydrogen-bond acceptors (Lipinski definition) is 2. The van der Waals surface area contributed by atoms with Crippen LogP contribution in [0.5, 0.6) is 0 Å². The highest BCUT2D eigenvalue weighted by molar-refractivity contribution is 9.10. The van der Waals surface area contributed by atoms with Gasteiger partial charge in [0.15, 0.2) is 6.29 Å². The lowest BCUT2D eigenvalue weighted by molar-refractivity contribution is 0.112. The second-order valence-electron chi connectivity index (χ2n) is 2.49. The third-order valence-corrected chi connectivity index (χ3v) is 2.18. The van der Waals surface area contributed by atoms with E-state index in [9.17, 15) is 13.6 Å². The minimum atomic E-state index is -2.62. The first-order chi connectivity index (χ1) is 6.06. The van der Waals surface area contributed by atoms with Crippen LogP contribution in [0.4, 0.5) is 8.78 Å². The second kappa shape index (κ2) is 3.91. The Labute approximate surface area is 82.1 Å². The number of carbonyl (C=O) groups excluding carboxylic acids is 1. The Morgan fingerprint density at radius 3 is 2.62 bits per heavy atom. The number of aryl methyl sites for hydroxylation is 1. The van der Waals surface area contributed by atoms with E-state index in [0.717, 1.165) is 0 Å². The van der Waals surface area contributed by atoms with Gasteiger partial charge in [-0.1, -0.05) is 0 Å². The molecule has 0 bridgehead atoms. The number of pyridine rings is 1. The van der Waals surface area contributed by atoms with Gasteiger partial charge in [0.1, 0.15) is 10.3 Å². The zero-order valence-electron chi connectivity index (χ0n) is 6.72. The van der Waals surface area contributed by atoms with E-state index >= 15 is 0 Å². The van der Waals surface area contributed by atoms with Gasteiger partial charge in [0.2, 0.25) is 0 Å². The normalized spacial score (nSPS) is 10.5. The highest BCUT2D eigenvalue weighted by Gasteiger charge is 2.13. The number of aldehydes is 1. The molecule has 0 spiro atoms. The molecule has 13 heavy (non-hydrogen) atoms. The van der Waals surface area contributed by atoms with Crippen LogP contribution in [0.1, 0.15) is 28.0 Å². The molecule has 1 aromatic rings. The molecule has 0 aromatic carbocycles. The van der Waals surface area contributed by atoms with Crippen LogP contribution in [0.2, 0.25) is 0 Å². The van der Waals surface area contributed by atoms with Crippen LogP contribution < -0.4 is 0 Å². The van der Waals surface area contributed by atoms with E-state index in [1.54, 1.807) is 6.92 Å². The van der Waals surface area contributed by atoms with Crippen LogP contribution in [0.25, 0.3) is 0 Å². The van der Waals surface area contributed by atoms with Crippen LogP contribution in [-0.2, 0) is 0 Å². The summed E-state index contributed by atoms with van der Waals surface area (Å²) in [6.07, 6.45) is -2.03. The van der Waals surface area contributed by atoms with Crippen molar-refractivity contribution in [2.45, 2.75) is 13.3 Å². The van der Waals surface area contributed by atoms with Gasteiger partial charge in [0, 0.05) is 0 Å². The number of hydrogen-bond donors (Lipinski definition) is 0. The molecule has 0 aliphatic carbocycles. The Hall–Kier alpha value is -0.840. The van der Waals surface area contributed by atoms with Gasteiger partial charge in [-0.05, 0) is 34.5 Å². The molecule has 0 aliphatic heterocycles. The standard InChI is InChI=1S/C8H6BrF2NO/c1-4-2-6(8(10)11)12-7(9)5(4)3-13/h2-3,8H,1H3. The van der Waals surface area contributed by atoms with E-state index in [-0.39, 0.29) is 10.3 Å².